The number of benzene rings is 3. The number of aromatic nitrogens is 3. The van der Waals surface area contributed by atoms with Crippen LogP contribution in [0.5, 0.6) is 0 Å². The van der Waals surface area contributed by atoms with Crippen LogP contribution in [0.1, 0.15) is 17.0 Å². The summed E-state index contributed by atoms with van der Waals surface area (Å²) in [5.74, 6) is 0.910. The van der Waals surface area contributed by atoms with Gasteiger partial charge in [0, 0.05) is 10.8 Å². The number of carbonyl (C=O) groups is 1. The second-order valence-corrected chi connectivity index (χ2v) is 9.24. The van der Waals surface area contributed by atoms with Crippen LogP contribution < -0.4 is 10.6 Å². The summed E-state index contributed by atoms with van der Waals surface area (Å²) in [6.07, 6.45) is -4.61. The smallest absolute Gasteiger partial charge is 0.331 e. The minimum atomic E-state index is -4.61. The first-order valence-electron chi connectivity index (χ1n) is 10.5. The van der Waals surface area contributed by atoms with Crippen molar-refractivity contribution in [1.29, 1.82) is 0 Å². The first-order chi connectivity index (χ1) is 17.2. The van der Waals surface area contributed by atoms with Gasteiger partial charge >= 0.3 is 12.2 Å². The fourth-order valence-corrected chi connectivity index (χ4v) is 4.58. The molecule has 0 saturated carbocycles. The third-order valence-corrected chi connectivity index (χ3v) is 6.50. The number of hydrogen-bond acceptors (Lipinski definition) is 4. The number of nitrogens with one attached hydrogen (secondary N) is 2. The second-order valence-electron chi connectivity index (χ2n) is 7.46. The topological polar surface area (TPSA) is 71.8 Å². The summed E-state index contributed by atoms with van der Waals surface area (Å²) in [6, 6.07) is 18.5. The number of amides is 2. The van der Waals surface area contributed by atoms with Gasteiger partial charge in [-0.2, -0.15) is 13.2 Å². The molecule has 3 aromatic carbocycles. The fraction of sp³-hybridized carbons (Fsp3) is 0.125. The molecule has 0 saturated heterocycles. The maximum atomic E-state index is 13.2. The van der Waals surface area contributed by atoms with Crippen LogP contribution in [0, 0.1) is 0 Å². The molecule has 2 N–H and O–H groups in total. The molecular formula is C24H18Cl2F3N5OS. The van der Waals surface area contributed by atoms with Crippen LogP contribution in [-0.2, 0) is 18.5 Å². The number of urea groups is 1. The van der Waals surface area contributed by atoms with Gasteiger partial charge in [-0.25, -0.2) is 4.79 Å². The minimum absolute atomic E-state index is 0.137. The van der Waals surface area contributed by atoms with Crippen molar-refractivity contribution >= 4 is 46.7 Å². The van der Waals surface area contributed by atoms with Gasteiger partial charge < -0.3 is 10.6 Å². The van der Waals surface area contributed by atoms with E-state index in [2.05, 4.69) is 20.8 Å². The Morgan fingerprint density at radius 3 is 2.44 bits per heavy atom. The number of para-hydroxylation sites is 1. The van der Waals surface area contributed by atoms with Crippen LogP contribution in [0.2, 0.25) is 10.0 Å². The van der Waals surface area contributed by atoms with E-state index in [1.54, 1.807) is 22.8 Å². The van der Waals surface area contributed by atoms with Crippen molar-refractivity contribution in [3.63, 3.8) is 0 Å². The molecule has 0 aliphatic carbocycles. The van der Waals surface area contributed by atoms with Gasteiger partial charge in [0.05, 0.1) is 28.5 Å². The summed E-state index contributed by atoms with van der Waals surface area (Å²) in [4.78, 5) is 12.5. The van der Waals surface area contributed by atoms with Gasteiger partial charge in [0.1, 0.15) is 0 Å². The lowest BCUT2D eigenvalue weighted by Gasteiger charge is -2.15. The molecule has 1 heterocycles. The van der Waals surface area contributed by atoms with E-state index in [4.69, 9.17) is 23.2 Å². The molecule has 0 fully saturated rings. The van der Waals surface area contributed by atoms with Crippen molar-refractivity contribution in [2.24, 2.45) is 0 Å². The highest BCUT2D eigenvalue weighted by atomic mass is 35.5. The van der Waals surface area contributed by atoms with Crippen molar-refractivity contribution in [2.75, 3.05) is 5.32 Å². The predicted octanol–water partition coefficient (Wildman–Crippen LogP) is 7.21. The number of hydrogen-bond donors (Lipinski definition) is 2. The SMILES string of the molecule is O=C(NCc1nnc(SCc2ccccc2)n1-c1cc(Cl)ccc1Cl)Nc1ccccc1C(F)(F)F. The largest absolute Gasteiger partial charge is 0.418 e. The lowest BCUT2D eigenvalue weighted by atomic mass is 10.1. The molecule has 186 valence electrons. The van der Waals surface area contributed by atoms with Crippen LogP contribution in [0.25, 0.3) is 5.69 Å². The average molecular weight is 552 g/mol. The summed E-state index contributed by atoms with van der Waals surface area (Å²) in [6.45, 7) is -0.137. The Bertz CT molecular complexity index is 1370. The van der Waals surface area contributed by atoms with Crippen LogP contribution in [0.3, 0.4) is 0 Å². The van der Waals surface area contributed by atoms with Crippen molar-refractivity contribution in [1.82, 2.24) is 20.1 Å². The van der Waals surface area contributed by atoms with E-state index in [0.29, 0.717) is 32.5 Å². The summed E-state index contributed by atoms with van der Waals surface area (Å²) >= 11 is 14.0. The summed E-state index contributed by atoms with van der Waals surface area (Å²) in [5.41, 5.74) is 0.260. The number of halogens is 5. The normalized spacial score (nSPS) is 11.4. The Morgan fingerprint density at radius 2 is 1.69 bits per heavy atom. The van der Waals surface area contributed by atoms with Crippen molar-refractivity contribution < 1.29 is 18.0 Å². The molecule has 0 bridgehead atoms. The molecule has 0 radical (unpaired) electrons. The van der Waals surface area contributed by atoms with E-state index in [-0.39, 0.29) is 12.2 Å². The maximum Gasteiger partial charge on any atom is 0.418 e. The second kappa shape index (κ2) is 11.2. The van der Waals surface area contributed by atoms with E-state index >= 15 is 0 Å². The molecule has 0 spiro atoms. The Kier molecular flexibility index (Phi) is 8.07. The van der Waals surface area contributed by atoms with Gasteiger partial charge in [0.2, 0.25) is 0 Å². The van der Waals surface area contributed by atoms with Crippen molar-refractivity contribution in [3.05, 3.63) is 99.8 Å². The molecule has 36 heavy (non-hydrogen) atoms. The average Bonchev–Trinajstić information content (AvgIpc) is 3.26. The van der Waals surface area contributed by atoms with Crippen molar-refractivity contribution in [3.8, 4) is 5.69 Å². The number of carbonyl (C=O) groups excluding carboxylic acids is 1. The van der Waals surface area contributed by atoms with Crippen LogP contribution in [0.15, 0.2) is 78.0 Å². The first kappa shape index (κ1) is 25.9. The molecule has 0 aliphatic rings. The lowest BCUT2D eigenvalue weighted by Crippen LogP contribution is -2.30. The summed E-state index contributed by atoms with van der Waals surface area (Å²) in [7, 11) is 0. The molecule has 1 aromatic heterocycles. The quantitative estimate of drug-likeness (QED) is 0.238. The minimum Gasteiger partial charge on any atom is -0.331 e. The van der Waals surface area contributed by atoms with Gasteiger partial charge in [0.15, 0.2) is 11.0 Å². The number of rotatable bonds is 7. The Labute approximate surface area is 218 Å². The molecule has 12 heteroatoms. The van der Waals surface area contributed by atoms with Gasteiger partial charge in [-0.3, -0.25) is 4.57 Å². The van der Waals surface area contributed by atoms with Crippen LogP contribution in [0.4, 0.5) is 23.7 Å². The molecule has 6 nitrogen and oxygen atoms in total. The number of anilines is 1. The van der Waals surface area contributed by atoms with Crippen LogP contribution in [-0.4, -0.2) is 20.8 Å². The molecule has 2 amide bonds. The van der Waals surface area contributed by atoms with Gasteiger partial charge in [-0.1, -0.05) is 77.4 Å². The zero-order chi connectivity index (χ0) is 25.7. The van der Waals surface area contributed by atoms with E-state index in [1.807, 2.05) is 30.3 Å². The lowest BCUT2D eigenvalue weighted by molar-refractivity contribution is -0.136. The highest BCUT2D eigenvalue weighted by molar-refractivity contribution is 7.98. The van der Waals surface area contributed by atoms with E-state index in [1.165, 1.54) is 30.0 Å². The van der Waals surface area contributed by atoms with Gasteiger partial charge in [0.25, 0.3) is 0 Å². The zero-order valence-corrected chi connectivity index (χ0v) is 20.7. The predicted molar refractivity (Wildman–Crippen MR) is 135 cm³/mol. The molecule has 0 unspecified atom stereocenters. The number of alkyl halides is 3. The Balaban J connectivity index is 1.56. The monoisotopic (exact) mass is 551 g/mol. The third kappa shape index (κ3) is 6.31. The summed E-state index contributed by atoms with van der Waals surface area (Å²) in [5, 5.41) is 14.5. The molecular weight excluding hydrogens is 534 g/mol. The van der Waals surface area contributed by atoms with E-state index in [9.17, 15) is 18.0 Å². The number of nitrogens with zero attached hydrogens (tertiary/aromatic N) is 3. The molecule has 0 atom stereocenters. The fourth-order valence-electron chi connectivity index (χ4n) is 3.29. The first-order valence-corrected chi connectivity index (χ1v) is 12.2. The zero-order valence-electron chi connectivity index (χ0n) is 18.4. The van der Waals surface area contributed by atoms with Crippen molar-refractivity contribution in [2.45, 2.75) is 23.6 Å². The van der Waals surface area contributed by atoms with E-state index in [0.717, 1.165) is 11.6 Å². The Morgan fingerprint density at radius 1 is 0.972 bits per heavy atom. The number of thioether (sulfide) groups is 1. The maximum absolute atomic E-state index is 13.2. The standard InChI is InChI=1S/C24H18Cl2F3N5OS/c25-16-10-11-18(26)20(12-16)34-21(32-33-23(34)36-14-15-6-2-1-3-7-15)13-30-22(35)31-19-9-5-4-8-17(19)24(27,28)29/h1-12H,13-14H2,(H2,30,31,35). The highest BCUT2D eigenvalue weighted by Gasteiger charge is 2.33. The third-order valence-electron chi connectivity index (χ3n) is 4.95. The molecule has 4 aromatic rings. The van der Waals surface area contributed by atoms with Crippen LogP contribution >= 0.6 is 35.0 Å². The van der Waals surface area contributed by atoms with Gasteiger partial charge in [-0.15, -0.1) is 10.2 Å². The van der Waals surface area contributed by atoms with Gasteiger partial charge in [-0.05, 0) is 35.9 Å². The highest BCUT2D eigenvalue weighted by Crippen LogP contribution is 2.34. The van der Waals surface area contributed by atoms with E-state index < -0.39 is 17.8 Å². The Hall–Kier alpha value is -3.21. The molecule has 4 rings (SSSR count). The summed E-state index contributed by atoms with van der Waals surface area (Å²) < 4.78 is 41.4. The molecule has 0 aliphatic heterocycles.